The molecule has 1 aromatic rings. The zero-order valence-corrected chi connectivity index (χ0v) is 13.4. The maximum atomic E-state index is 12.9. The van der Waals surface area contributed by atoms with Crippen molar-refractivity contribution < 1.29 is 14.3 Å². The number of hydrogen-bond donors (Lipinski definition) is 1. The SMILES string of the molecule is NC(=O)COc1ccc(C(=O)N(C2CCCCC2)C2CC2)cc1. The van der Waals surface area contributed by atoms with E-state index in [1.54, 1.807) is 24.3 Å². The third kappa shape index (κ3) is 4.03. The van der Waals surface area contributed by atoms with Crippen LogP contribution < -0.4 is 10.5 Å². The number of hydrogen-bond acceptors (Lipinski definition) is 3. The Bertz CT molecular complexity index is 560. The van der Waals surface area contributed by atoms with Crippen LogP contribution in [0.5, 0.6) is 5.75 Å². The molecule has 0 aromatic heterocycles. The van der Waals surface area contributed by atoms with Gasteiger partial charge in [-0.05, 0) is 49.9 Å². The fraction of sp³-hybridized carbons (Fsp3) is 0.556. The van der Waals surface area contributed by atoms with E-state index in [1.165, 1.54) is 19.3 Å². The maximum Gasteiger partial charge on any atom is 0.255 e. The lowest BCUT2D eigenvalue weighted by atomic mass is 9.93. The molecule has 2 saturated carbocycles. The fourth-order valence-corrected chi connectivity index (χ4v) is 3.34. The molecule has 0 atom stereocenters. The quantitative estimate of drug-likeness (QED) is 0.876. The van der Waals surface area contributed by atoms with E-state index in [1.807, 2.05) is 0 Å². The zero-order valence-electron chi connectivity index (χ0n) is 13.4. The molecular formula is C18H24N2O3. The molecule has 5 nitrogen and oxygen atoms in total. The molecule has 2 fully saturated rings. The van der Waals surface area contributed by atoms with Crippen molar-refractivity contribution in [2.45, 2.75) is 57.0 Å². The average molecular weight is 316 g/mol. The van der Waals surface area contributed by atoms with Crippen molar-refractivity contribution >= 4 is 11.8 Å². The largest absolute Gasteiger partial charge is 0.484 e. The Morgan fingerprint density at radius 1 is 1.00 bits per heavy atom. The Labute approximate surface area is 136 Å². The van der Waals surface area contributed by atoms with Crippen LogP contribution in [-0.4, -0.2) is 35.4 Å². The minimum Gasteiger partial charge on any atom is -0.484 e. The van der Waals surface area contributed by atoms with Gasteiger partial charge in [-0.15, -0.1) is 0 Å². The second-order valence-corrected chi connectivity index (χ2v) is 6.51. The first-order chi connectivity index (χ1) is 11.1. The Hall–Kier alpha value is -2.04. The molecule has 0 spiro atoms. The summed E-state index contributed by atoms with van der Waals surface area (Å²) in [7, 11) is 0. The molecule has 0 bridgehead atoms. The van der Waals surface area contributed by atoms with Gasteiger partial charge in [-0.25, -0.2) is 0 Å². The molecule has 5 heteroatoms. The van der Waals surface area contributed by atoms with Crippen LogP contribution in [0.15, 0.2) is 24.3 Å². The summed E-state index contributed by atoms with van der Waals surface area (Å²) in [6, 6.07) is 7.82. The minimum atomic E-state index is -0.512. The van der Waals surface area contributed by atoms with Gasteiger partial charge in [0.1, 0.15) is 5.75 Å². The number of ether oxygens (including phenoxy) is 1. The van der Waals surface area contributed by atoms with Gasteiger partial charge in [0.15, 0.2) is 6.61 Å². The van der Waals surface area contributed by atoms with Gasteiger partial charge in [0.05, 0.1) is 0 Å². The second-order valence-electron chi connectivity index (χ2n) is 6.51. The number of rotatable bonds is 6. The third-order valence-corrected chi connectivity index (χ3v) is 4.63. The number of carbonyl (C=O) groups is 2. The summed E-state index contributed by atoms with van der Waals surface area (Å²) in [5, 5.41) is 0. The predicted octanol–water partition coefficient (Wildman–Crippen LogP) is 2.49. The molecular weight excluding hydrogens is 292 g/mol. The lowest BCUT2D eigenvalue weighted by Crippen LogP contribution is -2.43. The van der Waals surface area contributed by atoms with Crippen LogP contribution in [0.4, 0.5) is 0 Å². The van der Waals surface area contributed by atoms with Crippen LogP contribution >= 0.6 is 0 Å². The molecule has 0 aliphatic heterocycles. The van der Waals surface area contributed by atoms with Gasteiger partial charge < -0.3 is 15.4 Å². The molecule has 0 heterocycles. The lowest BCUT2D eigenvalue weighted by Gasteiger charge is -2.34. The molecule has 2 N–H and O–H groups in total. The van der Waals surface area contributed by atoms with E-state index < -0.39 is 5.91 Å². The minimum absolute atomic E-state index is 0.126. The number of primary amides is 1. The van der Waals surface area contributed by atoms with Crippen LogP contribution in [0.3, 0.4) is 0 Å². The number of nitrogens with two attached hydrogens (primary N) is 1. The Balaban J connectivity index is 1.68. The lowest BCUT2D eigenvalue weighted by molar-refractivity contribution is -0.119. The summed E-state index contributed by atoms with van der Waals surface area (Å²) < 4.78 is 5.24. The van der Waals surface area contributed by atoms with Gasteiger partial charge in [0.2, 0.25) is 0 Å². The highest BCUT2D eigenvalue weighted by atomic mass is 16.5. The van der Waals surface area contributed by atoms with Crippen molar-refractivity contribution in [2.24, 2.45) is 5.73 Å². The number of amides is 2. The Morgan fingerprint density at radius 2 is 1.61 bits per heavy atom. The molecule has 0 unspecified atom stereocenters. The molecule has 2 aliphatic rings. The van der Waals surface area contributed by atoms with E-state index >= 15 is 0 Å². The highest BCUT2D eigenvalue weighted by Gasteiger charge is 2.37. The van der Waals surface area contributed by atoms with Gasteiger partial charge in [0, 0.05) is 17.6 Å². The van der Waals surface area contributed by atoms with Gasteiger partial charge in [-0.3, -0.25) is 9.59 Å². The third-order valence-electron chi connectivity index (χ3n) is 4.63. The highest BCUT2D eigenvalue weighted by molar-refractivity contribution is 5.95. The Kier molecular flexibility index (Phi) is 4.84. The second kappa shape index (κ2) is 7.02. The Morgan fingerprint density at radius 3 is 2.17 bits per heavy atom. The average Bonchev–Trinajstić information content (AvgIpc) is 3.39. The van der Waals surface area contributed by atoms with Gasteiger partial charge in [0.25, 0.3) is 11.8 Å². The summed E-state index contributed by atoms with van der Waals surface area (Å²) in [6.07, 6.45) is 8.24. The first kappa shape index (κ1) is 15.8. The number of benzene rings is 1. The summed E-state index contributed by atoms with van der Waals surface area (Å²) in [4.78, 5) is 25.8. The molecule has 0 saturated heterocycles. The van der Waals surface area contributed by atoms with Crippen LogP contribution in [0.2, 0.25) is 0 Å². The van der Waals surface area contributed by atoms with Crippen molar-refractivity contribution in [2.75, 3.05) is 6.61 Å². The first-order valence-electron chi connectivity index (χ1n) is 8.49. The van der Waals surface area contributed by atoms with E-state index in [0.29, 0.717) is 23.4 Å². The smallest absolute Gasteiger partial charge is 0.255 e. The predicted molar refractivity (Wildman–Crippen MR) is 87.2 cm³/mol. The summed E-state index contributed by atoms with van der Waals surface area (Å²) in [5.74, 6) is 0.166. The van der Waals surface area contributed by atoms with Crippen molar-refractivity contribution in [1.29, 1.82) is 0 Å². The van der Waals surface area contributed by atoms with Crippen molar-refractivity contribution in [3.63, 3.8) is 0 Å². The normalized spacial score (nSPS) is 18.4. The molecule has 2 amide bonds. The fourth-order valence-electron chi connectivity index (χ4n) is 3.34. The highest BCUT2D eigenvalue weighted by Crippen LogP contribution is 2.35. The van der Waals surface area contributed by atoms with Crippen molar-refractivity contribution in [1.82, 2.24) is 4.90 Å². The van der Waals surface area contributed by atoms with E-state index in [2.05, 4.69) is 4.90 Å². The van der Waals surface area contributed by atoms with Crippen molar-refractivity contribution in [3.05, 3.63) is 29.8 Å². The summed E-state index contributed by atoms with van der Waals surface area (Å²) in [5.41, 5.74) is 5.75. The number of carbonyl (C=O) groups excluding carboxylic acids is 2. The van der Waals surface area contributed by atoms with Crippen LogP contribution in [-0.2, 0) is 4.79 Å². The van der Waals surface area contributed by atoms with E-state index in [0.717, 1.165) is 25.7 Å². The topological polar surface area (TPSA) is 72.6 Å². The standard InChI is InChI=1S/C18H24N2O3/c19-17(21)12-23-16-10-6-13(7-11-16)18(22)20(15-8-9-15)14-4-2-1-3-5-14/h6-7,10-11,14-15H,1-5,8-9,12H2,(H2,19,21). The van der Waals surface area contributed by atoms with Crippen LogP contribution in [0, 0.1) is 0 Å². The summed E-state index contributed by atoms with van der Waals surface area (Å²) >= 11 is 0. The van der Waals surface area contributed by atoms with Gasteiger partial charge >= 0.3 is 0 Å². The van der Waals surface area contributed by atoms with Crippen LogP contribution in [0.25, 0.3) is 0 Å². The molecule has 0 radical (unpaired) electrons. The van der Waals surface area contributed by atoms with Gasteiger partial charge in [-0.1, -0.05) is 19.3 Å². The molecule has 3 rings (SSSR count). The first-order valence-corrected chi connectivity index (χ1v) is 8.49. The molecule has 124 valence electrons. The molecule has 23 heavy (non-hydrogen) atoms. The van der Waals surface area contributed by atoms with E-state index in [4.69, 9.17) is 10.5 Å². The molecule has 2 aliphatic carbocycles. The monoisotopic (exact) mass is 316 g/mol. The van der Waals surface area contributed by atoms with Gasteiger partial charge in [-0.2, -0.15) is 0 Å². The molecule has 1 aromatic carbocycles. The van der Waals surface area contributed by atoms with Crippen molar-refractivity contribution in [3.8, 4) is 5.75 Å². The zero-order chi connectivity index (χ0) is 16.2. The van der Waals surface area contributed by atoms with E-state index in [-0.39, 0.29) is 12.5 Å². The van der Waals surface area contributed by atoms with E-state index in [9.17, 15) is 9.59 Å². The summed E-state index contributed by atoms with van der Waals surface area (Å²) in [6.45, 7) is -0.149. The van der Waals surface area contributed by atoms with Crippen LogP contribution in [0.1, 0.15) is 55.3 Å². The number of nitrogens with zero attached hydrogens (tertiary/aromatic N) is 1. The maximum absolute atomic E-state index is 12.9.